The van der Waals surface area contributed by atoms with Gasteiger partial charge in [0.1, 0.15) is 0 Å². The van der Waals surface area contributed by atoms with E-state index in [0.717, 1.165) is 22.5 Å². The first-order valence-corrected chi connectivity index (χ1v) is 11.2. The molecular formula is C26H27N5O2. The molecule has 0 aliphatic carbocycles. The van der Waals surface area contributed by atoms with Crippen LogP contribution in [0.4, 0.5) is 0 Å². The standard InChI is InChI=1S/C26H27N5O2/c1-17-18(2)31-22-23(27-25(31)30(17)19(3)21-13-9-6-10-14-21)28(4)26(33)29(24(22)32)16-15-20-11-7-5-8-12-20/h5-14,19H,15-16H2,1-4H3. The van der Waals surface area contributed by atoms with Crippen LogP contribution in [0.25, 0.3) is 16.9 Å². The highest BCUT2D eigenvalue weighted by molar-refractivity contribution is 5.76. The average Bonchev–Trinajstić information content (AvgIpc) is 3.33. The quantitative estimate of drug-likeness (QED) is 0.418. The molecule has 7 heteroatoms. The van der Waals surface area contributed by atoms with Crippen molar-refractivity contribution in [2.24, 2.45) is 7.05 Å². The summed E-state index contributed by atoms with van der Waals surface area (Å²) in [5, 5.41) is 0. The lowest BCUT2D eigenvalue weighted by atomic mass is 10.1. The molecule has 1 atom stereocenters. The fourth-order valence-corrected chi connectivity index (χ4v) is 4.70. The number of hydrogen-bond donors (Lipinski definition) is 0. The topological polar surface area (TPSA) is 66.2 Å². The zero-order chi connectivity index (χ0) is 23.3. The van der Waals surface area contributed by atoms with Gasteiger partial charge in [0.05, 0.1) is 6.04 Å². The third kappa shape index (κ3) is 3.23. The number of imidazole rings is 2. The number of benzene rings is 2. The van der Waals surface area contributed by atoms with Gasteiger partial charge < -0.3 is 4.57 Å². The molecule has 1 unspecified atom stereocenters. The minimum Gasteiger partial charge on any atom is -0.307 e. The molecule has 0 fully saturated rings. The van der Waals surface area contributed by atoms with Gasteiger partial charge in [-0.2, -0.15) is 4.98 Å². The van der Waals surface area contributed by atoms with Gasteiger partial charge in [-0.15, -0.1) is 0 Å². The molecule has 0 N–H and O–H groups in total. The van der Waals surface area contributed by atoms with E-state index in [2.05, 4.69) is 23.6 Å². The first-order chi connectivity index (χ1) is 15.9. The predicted octanol–water partition coefficient (Wildman–Crippen LogP) is 3.62. The molecule has 0 spiro atoms. The molecule has 0 saturated heterocycles. The van der Waals surface area contributed by atoms with Gasteiger partial charge in [-0.1, -0.05) is 60.7 Å². The zero-order valence-electron chi connectivity index (χ0n) is 19.3. The van der Waals surface area contributed by atoms with E-state index in [1.54, 1.807) is 7.05 Å². The van der Waals surface area contributed by atoms with E-state index in [0.29, 0.717) is 29.9 Å². The number of nitrogens with zero attached hydrogens (tertiary/aromatic N) is 5. The second-order valence-corrected chi connectivity index (χ2v) is 8.58. The molecule has 5 rings (SSSR count). The molecule has 0 aliphatic heterocycles. The lowest BCUT2D eigenvalue weighted by molar-refractivity contribution is 0.602. The molecule has 5 aromatic rings. The molecule has 0 saturated carbocycles. The minimum atomic E-state index is -0.346. The third-order valence-electron chi connectivity index (χ3n) is 6.70. The first kappa shape index (κ1) is 21.0. The molecule has 3 heterocycles. The number of hydrogen-bond acceptors (Lipinski definition) is 3. The van der Waals surface area contributed by atoms with Crippen molar-refractivity contribution in [3.05, 3.63) is 104 Å². The van der Waals surface area contributed by atoms with Gasteiger partial charge in [0.2, 0.25) is 5.78 Å². The number of aryl methyl sites for hydroxylation is 3. The maximum atomic E-state index is 13.6. The summed E-state index contributed by atoms with van der Waals surface area (Å²) in [6.45, 7) is 6.48. The summed E-state index contributed by atoms with van der Waals surface area (Å²) >= 11 is 0. The van der Waals surface area contributed by atoms with E-state index in [4.69, 9.17) is 4.98 Å². The fourth-order valence-electron chi connectivity index (χ4n) is 4.70. The van der Waals surface area contributed by atoms with Gasteiger partial charge in [-0.05, 0) is 38.3 Å². The number of aromatic nitrogens is 5. The lowest BCUT2D eigenvalue weighted by Gasteiger charge is -2.16. The van der Waals surface area contributed by atoms with Crippen LogP contribution in [0.15, 0.2) is 70.3 Å². The highest BCUT2D eigenvalue weighted by Gasteiger charge is 2.24. The Bertz CT molecular complexity index is 1590. The van der Waals surface area contributed by atoms with E-state index in [1.165, 1.54) is 9.13 Å². The molecule has 0 aliphatic rings. The summed E-state index contributed by atoms with van der Waals surface area (Å²) in [6, 6.07) is 20.1. The van der Waals surface area contributed by atoms with Crippen molar-refractivity contribution in [3.8, 4) is 0 Å². The Kier molecular flexibility index (Phi) is 5.04. The van der Waals surface area contributed by atoms with E-state index < -0.39 is 0 Å². The molecule has 33 heavy (non-hydrogen) atoms. The Morgan fingerprint density at radius 3 is 2.21 bits per heavy atom. The van der Waals surface area contributed by atoms with Crippen LogP contribution in [-0.2, 0) is 20.0 Å². The Hall–Kier alpha value is -3.87. The van der Waals surface area contributed by atoms with Crippen LogP contribution in [0, 0.1) is 13.8 Å². The Labute approximate surface area is 191 Å². The van der Waals surface area contributed by atoms with Crippen molar-refractivity contribution in [1.82, 2.24) is 23.1 Å². The molecule has 168 valence electrons. The van der Waals surface area contributed by atoms with E-state index >= 15 is 0 Å². The Morgan fingerprint density at radius 1 is 0.909 bits per heavy atom. The monoisotopic (exact) mass is 441 g/mol. The van der Waals surface area contributed by atoms with E-state index in [1.807, 2.05) is 66.8 Å². The SMILES string of the molecule is Cc1c(C)n2c3c(=O)n(CCc4ccccc4)c(=O)n(C)c3nc2n1C(C)c1ccccc1. The van der Waals surface area contributed by atoms with Crippen molar-refractivity contribution in [2.75, 3.05) is 0 Å². The van der Waals surface area contributed by atoms with Crippen LogP contribution in [0.1, 0.15) is 35.5 Å². The van der Waals surface area contributed by atoms with Crippen LogP contribution in [0.5, 0.6) is 0 Å². The summed E-state index contributed by atoms with van der Waals surface area (Å²) in [6.07, 6.45) is 0.605. The van der Waals surface area contributed by atoms with Gasteiger partial charge in [0, 0.05) is 25.0 Å². The second kappa shape index (κ2) is 7.92. The molecular weight excluding hydrogens is 414 g/mol. The summed E-state index contributed by atoms with van der Waals surface area (Å²) in [4.78, 5) is 31.5. The summed E-state index contributed by atoms with van der Waals surface area (Å²) in [5.41, 5.74) is 4.43. The number of fused-ring (bicyclic) bond motifs is 3. The van der Waals surface area contributed by atoms with Gasteiger partial charge in [-0.3, -0.25) is 18.3 Å². The normalized spacial score (nSPS) is 12.6. The third-order valence-corrected chi connectivity index (χ3v) is 6.70. The lowest BCUT2D eigenvalue weighted by Crippen LogP contribution is -2.39. The molecule has 2 aromatic carbocycles. The van der Waals surface area contributed by atoms with E-state index in [9.17, 15) is 9.59 Å². The summed E-state index contributed by atoms with van der Waals surface area (Å²) in [5.74, 6) is 0.671. The van der Waals surface area contributed by atoms with Crippen LogP contribution in [0.3, 0.4) is 0 Å². The Morgan fingerprint density at radius 2 is 1.55 bits per heavy atom. The number of rotatable bonds is 5. The maximum Gasteiger partial charge on any atom is 0.332 e. The first-order valence-electron chi connectivity index (χ1n) is 11.2. The van der Waals surface area contributed by atoms with Crippen molar-refractivity contribution in [2.45, 2.75) is 39.8 Å². The van der Waals surface area contributed by atoms with Crippen LogP contribution < -0.4 is 11.2 Å². The maximum absolute atomic E-state index is 13.6. The predicted molar refractivity (Wildman–Crippen MR) is 130 cm³/mol. The van der Waals surface area contributed by atoms with Gasteiger partial charge in [0.25, 0.3) is 5.56 Å². The van der Waals surface area contributed by atoms with Crippen molar-refractivity contribution >= 4 is 16.9 Å². The minimum absolute atomic E-state index is 0.0246. The van der Waals surface area contributed by atoms with Crippen molar-refractivity contribution in [3.63, 3.8) is 0 Å². The van der Waals surface area contributed by atoms with Crippen molar-refractivity contribution in [1.29, 1.82) is 0 Å². The molecule has 3 aromatic heterocycles. The fraction of sp³-hybridized carbons (Fsp3) is 0.269. The van der Waals surface area contributed by atoms with Gasteiger partial charge in [0.15, 0.2) is 11.2 Å². The average molecular weight is 442 g/mol. The smallest absolute Gasteiger partial charge is 0.307 e. The Balaban J connectivity index is 1.72. The molecule has 7 nitrogen and oxygen atoms in total. The summed E-state index contributed by atoms with van der Waals surface area (Å²) in [7, 11) is 1.68. The summed E-state index contributed by atoms with van der Waals surface area (Å²) < 4.78 is 6.87. The van der Waals surface area contributed by atoms with Gasteiger partial charge >= 0.3 is 5.69 Å². The highest BCUT2D eigenvalue weighted by Crippen LogP contribution is 2.27. The van der Waals surface area contributed by atoms with Crippen molar-refractivity contribution < 1.29 is 0 Å². The zero-order valence-corrected chi connectivity index (χ0v) is 19.3. The van der Waals surface area contributed by atoms with Crippen LogP contribution in [0.2, 0.25) is 0 Å². The second-order valence-electron chi connectivity index (χ2n) is 8.58. The van der Waals surface area contributed by atoms with Crippen LogP contribution in [-0.4, -0.2) is 23.1 Å². The molecule has 0 amide bonds. The highest BCUT2D eigenvalue weighted by atomic mass is 16.2. The molecule has 0 radical (unpaired) electrons. The van der Waals surface area contributed by atoms with Gasteiger partial charge in [-0.25, -0.2) is 4.79 Å². The van der Waals surface area contributed by atoms with E-state index in [-0.39, 0.29) is 17.3 Å². The largest absolute Gasteiger partial charge is 0.332 e. The molecule has 0 bridgehead atoms. The van der Waals surface area contributed by atoms with Crippen LogP contribution >= 0.6 is 0 Å².